The van der Waals surface area contributed by atoms with Crippen molar-refractivity contribution in [3.63, 3.8) is 0 Å². The van der Waals surface area contributed by atoms with Gasteiger partial charge in [-0.25, -0.2) is 0 Å². The summed E-state index contributed by atoms with van der Waals surface area (Å²) < 4.78 is 0. The van der Waals surface area contributed by atoms with Crippen LogP contribution in [0.3, 0.4) is 0 Å². The smallest absolute Gasteiger partial charge is 0.226 e. The molecule has 0 aromatic carbocycles. The van der Waals surface area contributed by atoms with Crippen molar-refractivity contribution in [2.45, 2.75) is 66.0 Å². The van der Waals surface area contributed by atoms with E-state index in [4.69, 9.17) is 5.73 Å². The highest BCUT2D eigenvalue weighted by atomic mass is 16.2. The van der Waals surface area contributed by atoms with Crippen molar-refractivity contribution in [1.82, 2.24) is 4.90 Å². The minimum atomic E-state index is -0.0813. The number of rotatable bonds is 6. The zero-order valence-electron chi connectivity index (χ0n) is 12.6. The minimum Gasteiger partial charge on any atom is -0.340 e. The zero-order valence-corrected chi connectivity index (χ0v) is 12.6. The molecular weight excluding hydrogens is 212 g/mol. The van der Waals surface area contributed by atoms with Crippen LogP contribution in [0.15, 0.2) is 0 Å². The van der Waals surface area contributed by atoms with Crippen molar-refractivity contribution < 1.29 is 4.79 Å². The highest BCUT2D eigenvalue weighted by Crippen LogP contribution is 2.24. The van der Waals surface area contributed by atoms with E-state index in [2.05, 4.69) is 34.6 Å². The minimum absolute atomic E-state index is 0.0332. The molecule has 0 aromatic heterocycles. The Kier molecular flexibility index (Phi) is 6.17. The van der Waals surface area contributed by atoms with Gasteiger partial charge in [-0.1, -0.05) is 20.8 Å². The fraction of sp³-hybridized carbons (Fsp3) is 0.929. The molecule has 0 aliphatic carbocycles. The molecule has 2 N–H and O–H groups in total. The molecule has 102 valence electrons. The number of hydrogen-bond acceptors (Lipinski definition) is 2. The van der Waals surface area contributed by atoms with Crippen molar-refractivity contribution in [2.24, 2.45) is 17.6 Å². The van der Waals surface area contributed by atoms with Gasteiger partial charge in [-0.3, -0.25) is 4.79 Å². The number of carbonyl (C=O) groups excluding carboxylic acids is 1. The second-order valence-corrected chi connectivity index (χ2v) is 6.13. The Labute approximate surface area is 107 Å². The summed E-state index contributed by atoms with van der Waals surface area (Å²) in [7, 11) is 1.91. The fourth-order valence-electron chi connectivity index (χ4n) is 1.84. The van der Waals surface area contributed by atoms with E-state index in [1.165, 1.54) is 0 Å². The van der Waals surface area contributed by atoms with E-state index in [1.807, 2.05) is 18.9 Å². The summed E-state index contributed by atoms with van der Waals surface area (Å²) in [6.07, 6.45) is 1.72. The van der Waals surface area contributed by atoms with Crippen LogP contribution in [0.1, 0.15) is 54.4 Å². The molecule has 0 aliphatic rings. The Balaban J connectivity index is 4.84. The predicted molar refractivity (Wildman–Crippen MR) is 73.7 cm³/mol. The van der Waals surface area contributed by atoms with E-state index >= 15 is 0 Å². The average Bonchev–Trinajstić information content (AvgIpc) is 2.23. The van der Waals surface area contributed by atoms with Gasteiger partial charge >= 0.3 is 0 Å². The molecule has 0 saturated heterocycles. The fourth-order valence-corrected chi connectivity index (χ4v) is 1.84. The van der Waals surface area contributed by atoms with Gasteiger partial charge in [-0.2, -0.15) is 0 Å². The third-order valence-electron chi connectivity index (χ3n) is 3.85. The quantitative estimate of drug-likeness (QED) is 0.778. The lowest BCUT2D eigenvalue weighted by molar-refractivity contribution is -0.141. The summed E-state index contributed by atoms with van der Waals surface area (Å²) in [5.74, 6) is 0.596. The van der Waals surface area contributed by atoms with Gasteiger partial charge in [0, 0.05) is 24.5 Å². The van der Waals surface area contributed by atoms with Crippen molar-refractivity contribution in [3.05, 3.63) is 0 Å². The van der Waals surface area contributed by atoms with E-state index in [0.717, 1.165) is 12.8 Å². The molecule has 0 aliphatic heterocycles. The van der Waals surface area contributed by atoms with Crippen molar-refractivity contribution in [2.75, 3.05) is 7.05 Å². The SMILES string of the molecule is CCC(C)(C)N(C)C(=O)C(CC(C)N)C(C)C. The second kappa shape index (κ2) is 6.39. The number of amides is 1. The molecule has 0 bridgehead atoms. The third kappa shape index (κ3) is 4.66. The van der Waals surface area contributed by atoms with Crippen LogP contribution in [0.4, 0.5) is 0 Å². The molecule has 0 fully saturated rings. The maximum atomic E-state index is 12.5. The first-order valence-electron chi connectivity index (χ1n) is 6.66. The molecule has 17 heavy (non-hydrogen) atoms. The van der Waals surface area contributed by atoms with Gasteiger partial charge in [0.2, 0.25) is 5.91 Å². The lowest BCUT2D eigenvalue weighted by Crippen LogP contribution is -2.48. The molecule has 2 unspecified atom stereocenters. The number of hydrogen-bond donors (Lipinski definition) is 1. The van der Waals surface area contributed by atoms with Crippen LogP contribution in [-0.2, 0) is 4.79 Å². The second-order valence-electron chi connectivity index (χ2n) is 6.13. The predicted octanol–water partition coefficient (Wildman–Crippen LogP) is 2.64. The van der Waals surface area contributed by atoms with E-state index in [9.17, 15) is 4.79 Å². The molecule has 2 atom stereocenters. The number of carbonyl (C=O) groups is 1. The van der Waals surface area contributed by atoms with Crippen LogP contribution >= 0.6 is 0 Å². The lowest BCUT2D eigenvalue weighted by atomic mass is 9.87. The van der Waals surface area contributed by atoms with Crippen LogP contribution in [-0.4, -0.2) is 29.4 Å². The maximum absolute atomic E-state index is 12.5. The van der Waals surface area contributed by atoms with Gasteiger partial charge in [-0.15, -0.1) is 0 Å². The Hall–Kier alpha value is -0.570. The summed E-state index contributed by atoms with van der Waals surface area (Å²) in [5, 5.41) is 0. The molecule has 0 aromatic rings. The van der Waals surface area contributed by atoms with E-state index in [0.29, 0.717) is 5.92 Å². The summed E-state index contributed by atoms with van der Waals surface area (Å²) in [5.41, 5.74) is 5.76. The van der Waals surface area contributed by atoms with Crippen LogP contribution in [0.25, 0.3) is 0 Å². The van der Waals surface area contributed by atoms with Gasteiger partial charge in [-0.05, 0) is 39.5 Å². The highest BCUT2D eigenvalue weighted by molar-refractivity contribution is 5.79. The Morgan fingerprint density at radius 1 is 1.29 bits per heavy atom. The van der Waals surface area contributed by atoms with Gasteiger partial charge in [0.15, 0.2) is 0 Å². The topological polar surface area (TPSA) is 46.3 Å². The summed E-state index contributed by atoms with van der Waals surface area (Å²) >= 11 is 0. The van der Waals surface area contributed by atoms with E-state index in [1.54, 1.807) is 0 Å². The Bertz CT molecular complexity index is 247. The average molecular weight is 242 g/mol. The summed E-state index contributed by atoms with van der Waals surface area (Å²) in [6, 6.07) is 0.0736. The summed E-state index contributed by atoms with van der Waals surface area (Å²) in [4.78, 5) is 14.4. The zero-order chi connectivity index (χ0) is 13.8. The molecule has 1 amide bonds. The van der Waals surface area contributed by atoms with Crippen molar-refractivity contribution in [3.8, 4) is 0 Å². The van der Waals surface area contributed by atoms with Crippen LogP contribution in [0.5, 0.6) is 0 Å². The number of nitrogens with zero attached hydrogens (tertiary/aromatic N) is 1. The molecule has 0 spiro atoms. The normalized spacial score (nSPS) is 15.8. The van der Waals surface area contributed by atoms with E-state index in [-0.39, 0.29) is 23.4 Å². The molecule has 0 heterocycles. The van der Waals surface area contributed by atoms with Gasteiger partial charge < -0.3 is 10.6 Å². The first kappa shape index (κ1) is 16.4. The maximum Gasteiger partial charge on any atom is 0.226 e. The third-order valence-corrected chi connectivity index (χ3v) is 3.85. The van der Waals surface area contributed by atoms with Crippen molar-refractivity contribution >= 4 is 5.91 Å². The molecule has 0 rings (SSSR count). The van der Waals surface area contributed by atoms with Crippen LogP contribution in [0, 0.1) is 11.8 Å². The first-order chi connectivity index (χ1) is 7.63. The lowest BCUT2D eigenvalue weighted by Gasteiger charge is -2.38. The number of nitrogens with two attached hydrogens (primary N) is 1. The van der Waals surface area contributed by atoms with Gasteiger partial charge in [0.1, 0.15) is 0 Å². The van der Waals surface area contributed by atoms with E-state index < -0.39 is 0 Å². The van der Waals surface area contributed by atoms with Gasteiger partial charge in [0.25, 0.3) is 0 Å². The first-order valence-corrected chi connectivity index (χ1v) is 6.66. The molecular formula is C14H30N2O. The molecule has 3 heteroatoms. The monoisotopic (exact) mass is 242 g/mol. The Morgan fingerprint density at radius 3 is 2.06 bits per heavy atom. The van der Waals surface area contributed by atoms with Crippen molar-refractivity contribution in [1.29, 1.82) is 0 Å². The highest BCUT2D eigenvalue weighted by Gasteiger charge is 2.32. The largest absolute Gasteiger partial charge is 0.340 e. The Morgan fingerprint density at radius 2 is 1.76 bits per heavy atom. The molecule has 0 saturated carbocycles. The van der Waals surface area contributed by atoms with Gasteiger partial charge in [0.05, 0.1) is 0 Å². The molecule has 3 nitrogen and oxygen atoms in total. The van der Waals surface area contributed by atoms with Crippen LogP contribution < -0.4 is 5.73 Å². The summed E-state index contributed by atoms with van der Waals surface area (Å²) in [6.45, 7) is 12.5. The van der Waals surface area contributed by atoms with Crippen LogP contribution in [0.2, 0.25) is 0 Å². The molecule has 0 radical (unpaired) electrons. The standard InChI is InChI=1S/C14H30N2O/c1-8-14(5,6)16(7)13(17)12(10(2)3)9-11(4)15/h10-12H,8-9,15H2,1-7H3.